The molecule has 6 heteroatoms. The summed E-state index contributed by atoms with van der Waals surface area (Å²) in [5.74, 6) is 0. The van der Waals surface area contributed by atoms with E-state index in [0.29, 0.717) is 6.04 Å². The van der Waals surface area contributed by atoms with Crippen LogP contribution in [-0.4, -0.2) is 30.2 Å². The van der Waals surface area contributed by atoms with Crippen LogP contribution in [0.5, 0.6) is 0 Å². The molecule has 0 aliphatic rings. The van der Waals surface area contributed by atoms with E-state index in [9.17, 15) is 4.79 Å². The first-order valence-electron chi connectivity index (χ1n) is 10.3. The molecule has 0 spiro atoms. The number of likely N-dealkylation sites (N-methyl/N-ethyl adjacent to an activating group) is 1. The molecular weight excluding hydrogens is 394 g/mol. The van der Waals surface area contributed by atoms with Gasteiger partial charge in [-0.2, -0.15) is 0 Å². The number of nitrogens with one attached hydrogen (secondary N) is 2. The van der Waals surface area contributed by atoms with Gasteiger partial charge in [-0.1, -0.05) is 60.7 Å². The summed E-state index contributed by atoms with van der Waals surface area (Å²) in [5, 5.41) is 6.48. The van der Waals surface area contributed by atoms with Crippen LogP contribution < -0.4 is 10.6 Å². The normalized spacial score (nSPS) is 12.8. The first-order valence-corrected chi connectivity index (χ1v) is 11.2. The molecule has 1 heterocycles. The van der Waals surface area contributed by atoms with Crippen molar-refractivity contribution in [2.24, 2.45) is 0 Å². The molecule has 2 N–H and O–H groups in total. The maximum atomic E-state index is 12.4. The Balaban J connectivity index is 1.56. The number of benzene rings is 2. The molecule has 2 aromatic carbocycles. The second-order valence-electron chi connectivity index (χ2n) is 7.33. The highest BCUT2D eigenvalue weighted by atomic mass is 32.1. The lowest BCUT2D eigenvalue weighted by Crippen LogP contribution is -2.38. The summed E-state index contributed by atoms with van der Waals surface area (Å²) in [4.78, 5) is 17.3. The molecule has 0 saturated carbocycles. The lowest BCUT2D eigenvalue weighted by molar-refractivity contribution is 0.135. The molecule has 5 nitrogen and oxygen atoms in total. The molecule has 0 aliphatic heterocycles. The lowest BCUT2D eigenvalue weighted by Gasteiger charge is -2.22. The lowest BCUT2D eigenvalue weighted by atomic mass is 9.96. The first kappa shape index (κ1) is 22.0. The minimum absolute atomic E-state index is 0.00739. The average Bonchev–Trinajstić information content (AvgIpc) is 3.30. The third-order valence-corrected chi connectivity index (χ3v) is 5.83. The Hall–Kier alpha value is -2.70. The predicted octanol–water partition coefficient (Wildman–Crippen LogP) is 4.59. The zero-order chi connectivity index (χ0) is 21.0. The predicted molar refractivity (Wildman–Crippen MR) is 122 cm³/mol. The van der Waals surface area contributed by atoms with Gasteiger partial charge in [-0.05, 0) is 43.9 Å². The van der Waals surface area contributed by atoms with Gasteiger partial charge in [0.25, 0.3) is 0 Å². The van der Waals surface area contributed by atoms with Crippen molar-refractivity contribution in [2.45, 2.75) is 44.4 Å². The number of nitrogens with zero attached hydrogens (tertiary/aromatic N) is 1. The molecule has 0 saturated heterocycles. The fraction of sp³-hybridized carbons (Fsp3) is 0.333. The van der Waals surface area contributed by atoms with Crippen LogP contribution in [0.25, 0.3) is 0 Å². The van der Waals surface area contributed by atoms with Crippen molar-refractivity contribution >= 4 is 17.4 Å². The second-order valence-corrected chi connectivity index (χ2v) is 8.30. The maximum absolute atomic E-state index is 12.4. The Labute approximate surface area is 182 Å². The molecule has 0 unspecified atom stereocenters. The number of rotatable bonds is 11. The largest absolute Gasteiger partial charge is 0.444 e. The van der Waals surface area contributed by atoms with Crippen LogP contribution in [-0.2, 0) is 24.2 Å². The highest BCUT2D eigenvalue weighted by Crippen LogP contribution is 2.13. The summed E-state index contributed by atoms with van der Waals surface area (Å²) in [7, 11) is 2.00. The zero-order valence-electron chi connectivity index (χ0n) is 17.3. The monoisotopic (exact) mass is 423 g/mol. The third kappa shape index (κ3) is 7.61. The Morgan fingerprint density at radius 2 is 1.57 bits per heavy atom. The topological polar surface area (TPSA) is 63.2 Å². The molecule has 0 bridgehead atoms. The van der Waals surface area contributed by atoms with E-state index in [4.69, 9.17) is 4.74 Å². The minimum atomic E-state index is -0.381. The highest BCUT2D eigenvalue weighted by molar-refractivity contribution is 7.09. The van der Waals surface area contributed by atoms with E-state index < -0.39 is 0 Å². The van der Waals surface area contributed by atoms with E-state index in [-0.39, 0.29) is 18.7 Å². The van der Waals surface area contributed by atoms with Crippen LogP contribution in [0.2, 0.25) is 0 Å². The quantitative estimate of drug-likeness (QED) is 0.473. The number of hydrogen-bond acceptors (Lipinski definition) is 5. The van der Waals surface area contributed by atoms with Gasteiger partial charge in [-0.25, -0.2) is 4.79 Å². The Bertz CT molecular complexity index is 857. The molecule has 30 heavy (non-hydrogen) atoms. The van der Waals surface area contributed by atoms with Gasteiger partial charge in [0, 0.05) is 18.3 Å². The van der Waals surface area contributed by atoms with Crippen LogP contribution >= 0.6 is 11.3 Å². The van der Waals surface area contributed by atoms with Gasteiger partial charge in [-0.15, -0.1) is 11.3 Å². The highest BCUT2D eigenvalue weighted by Gasteiger charge is 2.17. The maximum Gasteiger partial charge on any atom is 0.407 e. The van der Waals surface area contributed by atoms with Gasteiger partial charge in [0.05, 0.1) is 10.4 Å². The van der Waals surface area contributed by atoms with Crippen LogP contribution in [0.15, 0.2) is 72.4 Å². The molecule has 1 aromatic heterocycles. The van der Waals surface area contributed by atoms with Gasteiger partial charge in [0.2, 0.25) is 0 Å². The molecule has 158 valence electrons. The van der Waals surface area contributed by atoms with Crippen LogP contribution in [0.3, 0.4) is 0 Å². The van der Waals surface area contributed by atoms with E-state index in [1.165, 1.54) is 22.5 Å². The van der Waals surface area contributed by atoms with Crippen LogP contribution in [0, 0.1) is 0 Å². The molecule has 3 aromatic rings. The van der Waals surface area contributed by atoms with Crippen LogP contribution in [0.4, 0.5) is 4.79 Å². The van der Waals surface area contributed by atoms with Crippen molar-refractivity contribution in [1.82, 2.24) is 15.6 Å². The van der Waals surface area contributed by atoms with Crippen molar-refractivity contribution in [3.8, 4) is 0 Å². The smallest absolute Gasteiger partial charge is 0.407 e. The number of carbonyl (C=O) groups excluding carboxylic acids is 1. The fourth-order valence-electron chi connectivity index (χ4n) is 3.43. The standard InChI is InChI=1S/C24H29N3O2S/c1-25-21(14-19-8-4-2-5-9-19)12-13-22(15-20-10-6-3-7-11-20)27-24(28)29-17-23-16-26-18-30-23/h2-11,16,18,21-22,25H,12-15,17H2,1H3,(H,27,28)/t21-,22-/m0/s1. The number of thiazole rings is 1. The molecule has 1 amide bonds. The van der Waals surface area contributed by atoms with Crippen molar-refractivity contribution in [3.05, 3.63) is 88.4 Å². The van der Waals surface area contributed by atoms with Gasteiger partial charge in [0.1, 0.15) is 6.61 Å². The zero-order valence-corrected chi connectivity index (χ0v) is 18.1. The van der Waals surface area contributed by atoms with E-state index in [0.717, 1.165) is 30.6 Å². The fourth-order valence-corrected chi connectivity index (χ4v) is 3.94. The number of ether oxygens (including phenoxy) is 1. The summed E-state index contributed by atoms with van der Waals surface area (Å²) < 4.78 is 5.39. The van der Waals surface area contributed by atoms with Crippen molar-refractivity contribution < 1.29 is 9.53 Å². The van der Waals surface area contributed by atoms with Crippen molar-refractivity contribution in [3.63, 3.8) is 0 Å². The Morgan fingerprint density at radius 1 is 0.967 bits per heavy atom. The Kier molecular flexibility index (Phi) is 8.87. The third-order valence-electron chi connectivity index (χ3n) is 5.07. The van der Waals surface area contributed by atoms with E-state index in [2.05, 4.69) is 52.0 Å². The van der Waals surface area contributed by atoms with Crippen LogP contribution in [0.1, 0.15) is 28.8 Å². The minimum Gasteiger partial charge on any atom is -0.444 e. The van der Waals surface area contributed by atoms with Gasteiger partial charge < -0.3 is 15.4 Å². The number of hydrogen-bond donors (Lipinski definition) is 2. The molecule has 0 fully saturated rings. The first-order chi connectivity index (χ1) is 14.7. The van der Waals surface area contributed by atoms with Crippen molar-refractivity contribution in [2.75, 3.05) is 7.05 Å². The van der Waals surface area contributed by atoms with E-state index in [1.54, 1.807) is 11.7 Å². The summed E-state index contributed by atoms with van der Waals surface area (Å²) in [6.07, 6.45) is 4.90. The number of aromatic nitrogens is 1. The second kappa shape index (κ2) is 12.1. The van der Waals surface area contributed by atoms with E-state index >= 15 is 0 Å². The number of alkyl carbamates (subject to hydrolysis) is 1. The molecule has 0 aliphatic carbocycles. The van der Waals surface area contributed by atoms with Crippen molar-refractivity contribution in [1.29, 1.82) is 0 Å². The summed E-state index contributed by atoms with van der Waals surface area (Å²) in [5.41, 5.74) is 4.25. The summed E-state index contributed by atoms with van der Waals surface area (Å²) in [6, 6.07) is 21.1. The SMILES string of the molecule is CN[C@@H](CC[C@@H](Cc1ccccc1)NC(=O)OCc1cncs1)Cc1ccccc1. The average molecular weight is 424 g/mol. The number of carbonyl (C=O) groups is 1. The Morgan fingerprint density at radius 3 is 2.13 bits per heavy atom. The van der Waals surface area contributed by atoms with Gasteiger partial charge in [0.15, 0.2) is 0 Å². The number of amides is 1. The van der Waals surface area contributed by atoms with Gasteiger partial charge >= 0.3 is 6.09 Å². The molecule has 3 rings (SSSR count). The summed E-state index contributed by atoms with van der Waals surface area (Å²) >= 11 is 1.48. The molecule has 0 radical (unpaired) electrons. The molecule has 2 atom stereocenters. The molecular formula is C24H29N3O2S. The van der Waals surface area contributed by atoms with E-state index in [1.807, 2.05) is 31.3 Å². The summed E-state index contributed by atoms with van der Waals surface area (Å²) in [6.45, 7) is 0.252. The van der Waals surface area contributed by atoms with Gasteiger partial charge in [-0.3, -0.25) is 4.98 Å².